The normalized spacial score (nSPS) is 14.1. The van der Waals surface area contributed by atoms with Crippen molar-refractivity contribution in [2.24, 2.45) is 0 Å². The fraction of sp³-hybridized carbons (Fsp3) is 0.700. The second-order valence-corrected chi connectivity index (χ2v) is 34.0. The van der Waals surface area contributed by atoms with Gasteiger partial charge in [-0.05, 0) is 6.92 Å². The lowest BCUT2D eigenvalue weighted by Gasteiger charge is -2.42. The van der Waals surface area contributed by atoms with Crippen LogP contribution in [0.4, 0.5) is 0 Å². The molecule has 4 heteroatoms. The van der Waals surface area contributed by atoms with Crippen LogP contribution in [0.5, 0.6) is 0 Å². The van der Waals surface area contributed by atoms with E-state index in [1.165, 1.54) is 11.6 Å². The number of aryl methyl sites for hydroxylation is 1. The Morgan fingerprint density at radius 3 is 1.33 bits per heavy atom. The van der Waals surface area contributed by atoms with Crippen LogP contribution in [0.2, 0.25) is 82.3 Å². The van der Waals surface area contributed by atoms with Crippen molar-refractivity contribution in [3.05, 3.63) is 29.8 Å². The van der Waals surface area contributed by atoms with Crippen molar-refractivity contribution < 1.29 is 0 Å². The van der Waals surface area contributed by atoms with Crippen LogP contribution in [-0.2, 0) is 0 Å². The van der Waals surface area contributed by atoms with E-state index in [0.717, 1.165) is 0 Å². The largest absolute Gasteiger partial charge is 0.0813 e. The number of hydrogen-bond acceptors (Lipinski definition) is 0. The Hall–Kier alpha value is 0.0875. The average Bonchev–Trinajstić information content (AvgIpc) is 2.32. The van der Waals surface area contributed by atoms with Crippen LogP contribution in [0.15, 0.2) is 24.3 Å². The van der Waals surface area contributed by atoms with Gasteiger partial charge in [-0.15, -0.1) is 0 Å². The quantitative estimate of drug-likeness (QED) is 0.428. The number of rotatable bonds is 8. The van der Waals surface area contributed by atoms with Gasteiger partial charge >= 0.3 is 0 Å². The zero-order chi connectivity index (χ0) is 18.8. The van der Waals surface area contributed by atoms with Crippen molar-refractivity contribution in [3.63, 3.8) is 0 Å². The molecule has 0 amide bonds. The lowest BCUT2D eigenvalue weighted by Crippen LogP contribution is -2.57. The molecule has 1 aromatic carbocycles. The first-order valence-corrected chi connectivity index (χ1v) is 23.4. The van der Waals surface area contributed by atoms with Crippen molar-refractivity contribution in [1.29, 1.82) is 0 Å². The zero-order valence-corrected chi connectivity index (χ0v) is 22.1. The molecular weight excluding hydrogens is 353 g/mol. The summed E-state index contributed by atoms with van der Waals surface area (Å²) in [5.41, 5.74) is 4.57. The number of benzene rings is 1. The molecule has 0 nitrogen and oxygen atoms in total. The van der Waals surface area contributed by atoms with Gasteiger partial charge in [-0.3, -0.25) is 0 Å². The molecule has 0 spiro atoms. The molecule has 0 fully saturated rings. The predicted octanol–water partition coefficient (Wildman–Crippen LogP) is 6.74. The van der Waals surface area contributed by atoms with E-state index < -0.39 is 32.3 Å². The fourth-order valence-corrected chi connectivity index (χ4v) is 31.1. The summed E-state index contributed by atoms with van der Waals surface area (Å²) in [6, 6.07) is 12.8. The van der Waals surface area contributed by atoms with Crippen LogP contribution < -0.4 is 5.19 Å². The predicted molar refractivity (Wildman–Crippen MR) is 126 cm³/mol. The van der Waals surface area contributed by atoms with E-state index in [4.69, 9.17) is 0 Å². The van der Waals surface area contributed by atoms with E-state index >= 15 is 0 Å². The number of hydrogen-bond donors (Lipinski definition) is 0. The summed E-state index contributed by atoms with van der Waals surface area (Å²) in [6.07, 6.45) is 0. The summed E-state index contributed by atoms with van der Waals surface area (Å²) in [4.78, 5) is 0. The van der Waals surface area contributed by atoms with Gasteiger partial charge in [0.1, 0.15) is 0 Å². The van der Waals surface area contributed by atoms with Crippen LogP contribution in [0.3, 0.4) is 0 Å². The molecule has 0 aliphatic heterocycles. The topological polar surface area (TPSA) is 0 Å². The maximum absolute atomic E-state index is 2.60. The molecule has 0 aliphatic rings. The van der Waals surface area contributed by atoms with E-state index in [2.05, 4.69) is 90.1 Å². The second-order valence-electron chi connectivity index (χ2n) is 11.7. The van der Waals surface area contributed by atoms with Crippen LogP contribution in [0.1, 0.15) is 5.56 Å². The highest BCUT2D eigenvalue weighted by atomic mass is 28.4. The van der Waals surface area contributed by atoms with Crippen molar-refractivity contribution >= 4 is 37.5 Å². The smallest absolute Gasteiger partial charge is 0.0697 e. The molecule has 24 heavy (non-hydrogen) atoms. The Labute approximate surface area is 156 Å². The summed E-state index contributed by atoms with van der Waals surface area (Å²) >= 11 is 0. The van der Waals surface area contributed by atoms with Crippen molar-refractivity contribution in [3.8, 4) is 0 Å². The Morgan fingerprint density at radius 1 is 0.583 bits per heavy atom. The summed E-state index contributed by atoms with van der Waals surface area (Å²) in [5.74, 6) is 0. The van der Waals surface area contributed by atoms with Gasteiger partial charge in [0.2, 0.25) is 0 Å². The molecule has 0 atom stereocenters. The monoisotopic (exact) mass is 394 g/mol. The zero-order valence-electron chi connectivity index (χ0n) is 18.1. The second kappa shape index (κ2) is 7.76. The minimum Gasteiger partial charge on any atom is -0.0697 e. The molecular formula is C20H42Si4. The highest BCUT2D eigenvalue weighted by Gasteiger charge is 2.42. The first kappa shape index (κ1) is 22.1. The molecule has 0 radical (unpaired) electrons. The maximum Gasteiger partial charge on any atom is 0.0813 e. The third-order valence-corrected chi connectivity index (χ3v) is 23.7. The maximum atomic E-state index is 2.60. The van der Waals surface area contributed by atoms with Crippen molar-refractivity contribution in [1.82, 2.24) is 0 Å². The van der Waals surface area contributed by atoms with Crippen LogP contribution in [-0.4, -0.2) is 32.3 Å². The van der Waals surface area contributed by atoms with Gasteiger partial charge in [-0.2, -0.15) is 0 Å². The first-order valence-electron chi connectivity index (χ1n) is 9.69. The highest BCUT2D eigenvalue weighted by Crippen LogP contribution is 2.34. The van der Waals surface area contributed by atoms with Crippen molar-refractivity contribution in [2.45, 2.75) is 89.3 Å². The molecule has 1 aromatic rings. The lowest BCUT2D eigenvalue weighted by molar-refractivity contribution is 1.25. The Morgan fingerprint density at radius 2 is 1.00 bits per heavy atom. The van der Waals surface area contributed by atoms with E-state index in [9.17, 15) is 0 Å². The molecule has 0 bridgehead atoms. The van der Waals surface area contributed by atoms with Gasteiger partial charge in [0, 0.05) is 24.2 Å². The van der Waals surface area contributed by atoms with Crippen LogP contribution in [0.25, 0.3) is 0 Å². The highest BCUT2D eigenvalue weighted by molar-refractivity contribution is 7.09. The van der Waals surface area contributed by atoms with Crippen LogP contribution >= 0.6 is 0 Å². The first-order chi connectivity index (χ1) is 10.6. The third-order valence-electron chi connectivity index (χ3n) is 4.75. The van der Waals surface area contributed by atoms with E-state index in [1.54, 1.807) is 22.6 Å². The molecule has 0 unspecified atom stereocenters. The van der Waals surface area contributed by atoms with Gasteiger partial charge < -0.3 is 0 Å². The van der Waals surface area contributed by atoms with E-state index in [-0.39, 0.29) is 0 Å². The molecule has 138 valence electrons. The standard InChI is InChI=1S/C20H42Si4/c1-19-11-13-20(14-12-19)24(17-22(5,6)7,18-23(8,9)10)16-15-21(2,3)4/h11-14H,15-18H2,1-10H3. The Bertz CT molecular complexity index is 497. The van der Waals surface area contributed by atoms with Gasteiger partial charge in [0.25, 0.3) is 0 Å². The molecule has 0 saturated carbocycles. The average molecular weight is 395 g/mol. The van der Waals surface area contributed by atoms with Crippen molar-refractivity contribution in [2.75, 3.05) is 0 Å². The van der Waals surface area contributed by atoms with Gasteiger partial charge in [-0.25, -0.2) is 0 Å². The fourth-order valence-electron chi connectivity index (χ4n) is 4.14. The molecule has 0 aromatic heterocycles. The molecule has 1 rings (SSSR count). The molecule has 0 heterocycles. The molecule has 0 aliphatic carbocycles. The SMILES string of the molecule is Cc1ccc([Si](CC[Si](C)(C)C)(C[Si](C)(C)C)C[Si](C)(C)C)cc1. The molecule has 0 saturated heterocycles. The minimum atomic E-state index is -1.42. The Balaban J connectivity index is 3.37. The minimum absolute atomic E-state index is 0.996. The van der Waals surface area contributed by atoms with E-state index in [0.29, 0.717) is 0 Å². The van der Waals surface area contributed by atoms with Gasteiger partial charge in [-0.1, -0.05) is 117 Å². The lowest BCUT2D eigenvalue weighted by atomic mass is 10.2. The summed E-state index contributed by atoms with van der Waals surface area (Å²) in [7, 11) is -4.58. The summed E-state index contributed by atoms with van der Waals surface area (Å²) in [5, 5.41) is 1.77. The van der Waals surface area contributed by atoms with Gasteiger partial charge in [0.15, 0.2) is 0 Å². The van der Waals surface area contributed by atoms with Crippen LogP contribution in [0, 0.1) is 6.92 Å². The summed E-state index contributed by atoms with van der Waals surface area (Å²) < 4.78 is 0. The van der Waals surface area contributed by atoms with E-state index in [1.807, 2.05) is 0 Å². The van der Waals surface area contributed by atoms with Gasteiger partial charge in [0.05, 0.1) is 8.07 Å². The third kappa shape index (κ3) is 7.98. The molecule has 0 N–H and O–H groups in total. The summed E-state index contributed by atoms with van der Waals surface area (Å²) in [6.45, 7) is 25.5. The Kier molecular flexibility index (Phi) is 7.16.